The van der Waals surface area contributed by atoms with Crippen molar-refractivity contribution in [2.24, 2.45) is 11.1 Å². The van der Waals surface area contributed by atoms with Crippen LogP contribution in [-0.2, 0) is 15.0 Å². The number of nitrogens with two attached hydrogens (primary N) is 2. The summed E-state index contributed by atoms with van der Waals surface area (Å²) in [6.07, 6.45) is 1.43. The molecule has 1 fully saturated rings. The lowest BCUT2D eigenvalue weighted by atomic mass is 10.0. The fourth-order valence-corrected chi connectivity index (χ4v) is 2.31. The lowest BCUT2D eigenvalue weighted by molar-refractivity contribution is -0.122. The largest absolute Gasteiger partial charge is 0.384 e. The van der Waals surface area contributed by atoms with Crippen molar-refractivity contribution in [3.8, 4) is 0 Å². The Kier molecular flexibility index (Phi) is 3.20. The maximum Gasteiger partial charge on any atom is 0.276 e. The van der Waals surface area contributed by atoms with E-state index in [9.17, 15) is 13.2 Å². The van der Waals surface area contributed by atoms with Gasteiger partial charge in [-0.15, -0.1) is 0 Å². The Morgan fingerprint density at radius 1 is 1.44 bits per heavy atom. The van der Waals surface area contributed by atoms with Crippen LogP contribution in [0.3, 0.4) is 0 Å². The lowest BCUT2D eigenvalue weighted by Gasteiger charge is -2.35. The van der Waals surface area contributed by atoms with E-state index in [1.54, 1.807) is 12.1 Å². The van der Waals surface area contributed by atoms with Crippen molar-refractivity contribution in [2.45, 2.75) is 0 Å². The fourth-order valence-electron chi connectivity index (χ4n) is 1.54. The number of nitrogen functional groups attached to an aromatic ring is 1. The Morgan fingerprint density at radius 3 is 2.61 bits per heavy atom. The first-order chi connectivity index (χ1) is 8.36. The molecule has 2 rings (SSSR count). The van der Waals surface area contributed by atoms with Gasteiger partial charge in [-0.2, -0.15) is 12.7 Å². The molecule has 0 atom stereocenters. The molecule has 1 amide bonds. The zero-order valence-corrected chi connectivity index (χ0v) is 10.2. The Hall–Kier alpha value is -1.71. The van der Waals surface area contributed by atoms with Gasteiger partial charge in [0, 0.05) is 13.1 Å². The number of amides is 1. The molecule has 1 saturated heterocycles. The summed E-state index contributed by atoms with van der Waals surface area (Å²) in [6.45, 7) is 0.208. The third-order valence-electron chi connectivity index (χ3n) is 2.63. The molecule has 5 N–H and O–H groups in total. The SMILES string of the molecule is Nc1ccc(NC(=O)C2CN(S(N)(=O)=O)C2)cn1. The number of hydrogen-bond acceptors (Lipinski definition) is 5. The van der Waals surface area contributed by atoms with Crippen LogP contribution in [0, 0.1) is 5.92 Å². The van der Waals surface area contributed by atoms with Gasteiger partial charge in [0.05, 0.1) is 17.8 Å². The van der Waals surface area contributed by atoms with E-state index in [0.717, 1.165) is 4.31 Å². The summed E-state index contributed by atoms with van der Waals surface area (Å²) >= 11 is 0. The molecule has 98 valence electrons. The summed E-state index contributed by atoms with van der Waals surface area (Å²) in [5, 5.41) is 7.54. The van der Waals surface area contributed by atoms with Crippen molar-refractivity contribution in [1.29, 1.82) is 0 Å². The third kappa shape index (κ3) is 2.75. The molecule has 18 heavy (non-hydrogen) atoms. The molecule has 8 nitrogen and oxygen atoms in total. The molecule has 0 saturated carbocycles. The van der Waals surface area contributed by atoms with E-state index in [0.29, 0.717) is 11.5 Å². The van der Waals surface area contributed by atoms with Crippen LogP contribution in [0.25, 0.3) is 0 Å². The molecule has 0 bridgehead atoms. The zero-order valence-electron chi connectivity index (χ0n) is 9.41. The normalized spacial score (nSPS) is 17.2. The lowest BCUT2D eigenvalue weighted by Crippen LogP contribution is -2.56. The molecule has 1 aromatic heterocycles. The van der Waals surface area contributed by atoms with E-state index in [4.69, 9.17) is 10.9 Å². The monoisotopic (exact) mass is 271 g/mol. The predicted octanol–water partition coefficient (Wildman–Crippen LogP) is -1.26. The van der Waals surface area contributed by atoms with E-state index in [1.165, 1.54) is 6.20 Å². The van der Waals surface area contributed by atoms with Gasteiger partial charge in [0.15, 0.2) is 0 Å². The molecule has 0 radical (unpaired) electrons. The van der Waals surface area contributed by atoms with Gasteiger partial charge in [0.1, 0.15) is 5.82 Å². The molecular formula is C9H13N5O3S. The Labute approximate surface area is 104 Å². The van der Waals surface area contributed by atoms with E-state index in [-0.39, 0.29) is 24.9 Å². The van der Waals surface area contributed by atoms with Crippen LogP contribution in [0.1, 0.15) is 0 Å². The van der Waals surface area contributed by atoms with Gasteiger partial charge < -0.3 is 11.1 Å². The average Bonchev–Trinajstić information content (AvgIpc) is 2.17. The molecule has 0 aliphatic carbocycles. The number of nitrogens with zero attached hydrogens (tertiary/aromatic N) is 2. The standard InChI is InChI=1S/C9H13N5O3S/c10-8-2-1-7(3-12-8)13-9(15)6-4-14(5-6)18(11,16)17/h1-3,6H,4-5H2,(H2,10,12)(H,13,15)(H2,11,16,17). The highest BCUT2D eigenvalue weighted by atomic mass is 32.2. The second-order valence-electron chi connectivity index (χ2n) is 4.02. The minimum Gasteiger partial charge on any atom is -0.384 e. The summed E-state index contributed by atoms with van der Waals surface area (Å²) < 4.78 is 22.9. The fraction of sp³-hybridized carbons (Fsp3) is 0.333. The highest BCUT2D eigenvalue weighted by Crippen LogP contribution is 2.19. The van der Waals surface area contributed by atoms with Crippen LogP contribution in [0.15, 0.2) is 18.3 Å². The summed E-state index contributed by atoms with van der Waals surface area (Å²) in [7, 11) is -3.69. The van der Waals surface area contributed by atoms with E-state index < -0.39 is 10.2 Å². The van der Waals surface area contributed by atoms with Crippen molar-refractivity contribution in [3.63, 3.8) is 0 Å². The minimum atomic E-state index is -3.69. The average molecular weight is 271 g/mol. The number of carbonyl (C=O) groups excluding carboxylic acids is 1. The maximum atomic E-state index is 11.7. The molecule has 2 heterocycles. The van der Waals surface area contributed by atoms with Crippen molar-refractivity contribution >= 4 is 27.6 Å². The highest BCUT2D eigenvalue weighted by Gasteiger charge is 2.38. The first-order valence-electron chi connectivity index (χ1n) is 5.16. The second-order valence-corrected chi connectivity index (χ2v) is 5.57. The number of nitrogens with one attached hydrogen (secondary N) is 1. The number of anilines is 2. The van der Waals surface area contributed by atoms with E-state index in [2.05, 4.69) is 10.3 Å². The molecule has 1 aliphatic heterocycles. The van der Waals surface area contributed by atoms with Crippen LogP contribution >= 0.6 is 0 Å². The van der Waals surface area contributed by atoms with Gasteiger partial charge in [0.2, 0.25) is 5.91 Å². The zero-order chi connectivity index (χ0) is 13.3. The van der Waals surface area contributed by atoms with Crippen LogP contribution in [0.5, 0.6) is 0 Å². The smallest absolute Gasteiger partial charge is 0.276 e. The van der Waals surface area contributed by atoms with Gasteiger partial charge in [-0.1, -0.05) is 0 Å². The second kappa shape index (κ2) is 4.52. The van der Waals surface area contributed by atoms with E-state index >= 15 is 0 Å². The Balaban J connectivity index is 1.89. The van der Waals surface area contributed by atoms with Crippen molar-refractivity contribution in [1.82, 2.24) is 9.29 Å². The highest BCUT2D eigenvalue weighted by molar-refractivity contribution is 7.86. The Bertz CT molecular complexity index is 550. The topological polar surface area (TPSA) is 131 Å². The van der Waals surface area contributed by atoms with Gasteiger partial charge >= 0.3 is 0 Å². The first kappa shape index (κ1) is 12.7. The summed E-state index contributed by atoms with van der Waals surface area (Å²) in [4.78, 5) is 15.5. The molecule has 1 aromatic rings. The van der Waals surface area contributed by atoms with Crippen LogP contribution in [0.2, 0.25) is 0 Å². The Morgan fingerprint density at radius 2 is 2.11 bits per heavy atom. The van der Waals surface area contributed by atoms with E-state index in [1.807, 2.05) is 0 Å². The summed E-state index contributed by atoms with van der Waals surface area (Å²) in [5.74, 6) is -0.292. The first-order valence-corrected chi connectivity index (χ1v) is 6.67. The van der Waals surface area contributed by atoms with Gasteiger partial charge in [0.25, 0.3) is 10.2 Å². The number of pyridine rings is 1. The number of hydrogen-bond donors (Lipinski definition) is 3. The summed E-state index contributed by atoms with van der Waals surface area (Å²) in [5.41, 5.74) is 5.93. The molecule has 1 aliphatic rings. The van der Waals surface area contributed by atoms with Crippen LogP contribution < -0.4 is 16.2 Å². The predicted molar refractivity (Wildman–Crippen MR) is 65.4 cm³/mol. The molecule has 9 heteroatoms. The quantitative estimate of drug-likeness (QED) is 0.631. The number of aromatic nitrogens is 1. The van der Waals surface area contributed by atoms with Crippen molar-refractivity contribution in [2.75, 3.05) is 24.1 Å². The minimum absolute atomic E-state index is 0.104. The van der Waals surface area contributed by atoms with Gasteiger partial charge in [-0.05, 0) is 12.1 Å². The number of carbonyl (C=O) groups is 1. The molecule has 0 unspecified atom stereocenters. The van der Waals surface area contributed by atoms with Gasteiger partial charge in [-0.3, -0.25) is 4.79 Å². The maximum absolute atomic E-state index is 11.7. The number of rotatable bonds is 3. The van der Waals surface area contributed by atoms with Crippen LogP contribution in [-0.4, -0.2) is 36.7 Å². The van der Waals surface area contributed by atoms with Gasteiger partial charge in [-0.25, -0.2) is 10.1 Å². The van der Waals surface area contributed by atoms with Crippen molar-refractivity contribution in [3.05, 3.63) is 18.3 Å². The molecule has 0 aromatic carbocycles. The summed E-state index contributed by atoms with van der Waals surface area (Å²) in [6, 6.07) is 3.18. The third-order valence-corrected chi connectivity index (χ3v) is 3.65. The molecular weight excluding hydrogens is 258 g/mol. The van der Waals surface area contributed by atoms with Crippen LogP contribution in [0.4, 0.5) is 11.5 Å². The van der Waals surface area contributed by atoms with Crippen molar-refractivity contribution < 1.29 is 13.2 Å². The molecule has 0 spiro atoms.